The summed E-state index contributed by atoms with van der Waals surface area (Å²) in [6.07, 6.45) is 0. The van der Waals surface area contributed by atoms with Gasteiger partial charge in [0.25, 0.3) is 5.91 Å². The minimum atomic E-state index is -1.11. The molecule has 0 saturated carbocycles. The van der Waals surface area contributed by atoms with Gasteiger partial charge in [-0.25, -0.2) is 4.79 Å². The van der Waals surface area contributed by atoms with Crippen LogP contribution in [0.15, 0.2) is 22.7 Å². The Bertz CT molecular complexity index is 732. The lowest BCUT2D eigenvalue weighted by atomic mass is 10.2. The molecule has 2 aromatic rings. The number of hydrogen-bond donors (Lipinski definition) is 1. The molecule has 0 aliphatic heterocycles. The van der Waals surface area contributed by atoms with Crippen LogP contribution < -0.4 is 4.90 Å². The van der Waals surface area contributed by atoms with Crippen LogP contribution in [0, 0.1) is 6.92 Å². The van der Waals surface area contributed by atoms with E-state index in [2.05, 4.69) is 20.3 Å². The normalized spacial score (nSPS) is 10.5. The van der Waals surface area contributed by atoms with E-state index in [0.29, 0.717) is 15.2 Å². The third-order valence-electron chi connectivity index (χ3n) is 2.83. The summed E-state index contributed by atoms with van der Waals surface area (Å²) in [5.41, 5.74) is 0.695. The topological polar surface area (TPSA) is 70.5 Å². The van der Waals surface area contributed by atoms with Gasteiger partial charge in [-0.2, -0.15) is 4.37 Å². The van der Waals surface area contributed by atoms with Gasteiger partial charge in [0.15, 0.2) is 0 Å². The van der Waals surface area contributed by atoms with Crippen molar-refractivity contribution in [2.24, 2.45) is 0 Å². The summed E-state index contributed by atoms with van der Waals surface area (Å²) in [7, 11) is 1.50. The molecule has 21 heavy (non-hydrogen) atoms. The first-order valence-electron chi connectivity index (χ1n) is 5.75. The Kier molecular flexibility index (Phi) is 4.65. The number of anilines is 1. The zero-order valence-electron chi connectivity index (χ0n) is 11.1. The first kappa shape index (κ1) is 15.9. The van der Waals surface area contributed by atoms with Crippen molar-refractivity contribution < 1.29 is 14.7 Å². The summed E-state index contributed by atoms with van der Waals surface area (Å²) in [6.45, 7) is 1.59. The molecule has 1 aromatic carbocycles. The highest BCUT2D eigenvalue weighted by molar-refractivity contribution is 9.10. The Balaban J connectivity index is 2.45. The smallest absolute Gasteiger partial charge is 0.340 e. The highest BCUT2D eigenvalue weighted by Gasteiger charge is 2.25. The van der Waals surface area contributed by atoms with Crippen LogP contribution in [0.5, 0.6) is 0 Å². The van der Waals surface area contributed by atoms with Gasteiger partial charge >= 0.3 is 5.97 Å². The van der Waals surface area contributed by atoms with Crippen LogP contribution in [0.25, 0.3) is 0 Å². The number of aromatic carboxylic acids is 1. The van der Waals surface area contributed by atoms with E-state index in [-0.39, 0.29) is 16.1 Å². The highest BCUT2D eigenvalue weighted by Crippen LogP contribution is 2.30. The van der Waals surface area contributed by atoms with Crippen molar-refractivity contribution in [3.05, 3.63) is 44.5 Å². The second kappa shape index (κ2) is 6.13. The Labute approximate surface area is 138 Å². The SMILES string of the molecule is Cc1nsc(N(C)C(=O)c2cc(Br)ccc2Cl)c1C(=O)O. The second-order valence-electron chi connectivity index (χ2n) is 4.24. The molecule has 0 atom stereocenters. The molecule has 1 N–H and O–H groups in total. The fourth-order valence-corrected chi connectivity index (χ4v) is 3.17. The molecule has 5 nitrogen and oxygen atoms in total. The Morgan fingerprint density at radius 3 is 2.71 bits per heavy atom. The molecule has 1 amide bonds. The monoisotopic (exact) mass is 388 g/mol. The van der Waals surface area contributed by atoms with Crippen molar-refractivity contribution in [1.82, 2.24) is 4.37 Å². The molecule has 0 radical (unpaired) electrons. The van der Waals surface area contributed by atoms with E-state index in [9.17, 15) is 14.7 Å². The lowest BCUT2D eigenvalue weighted by Gasteiger charge is -2.16. The lowest BCUT2D eigenvalue weighted by Crippen LogP contribution is -2.27. The largest absolute Gasteiger partial charge is 0.478 e. The maximum absolute atomic E-state index is 12.5. The Morgan fingerprint density at radius 2 is 2.10 bits per heavy atom. The number of halogens is 2. The molecule has 0 fully saturated rings. The van der Waals surface area contributed by atoms with E-state index in [1.165, 1.54) is 11.9 Å². The number of amides is 1. The van der Waals surface area contributed by atoms with Gasteiger partial charge < -0.3 is 10.0 Å². The van der Waals surface area contributed by atoms with E-state index >= 15 is 0 Å². The summed E-state index contributed by atoms with van der Waals surface area (Å²) in [5.74, 6) is -1.51. The van der Waals surface area contributed by atoms with Gasteiger partial charge in [0.05, 0.1) is 16.3 Å². The molecule has 0 spiro atoms. The first-order valence-corrected chi connectivity index (χ1v) is 7.70. The van der Waals surface area contributed by atoms with Crippen LogP contribution in [0.3, 0.4) is 0 Å². The van der Waals surface area contributed by atoms with Crippen molar-refractivity contribution in [1.29, 1.82) is 0 Å². The van der Waals surface area contributed by atoms with E-state index < -0.39 is 11.9 Å². The number of aromatic nitrogens is 1. The number of benzene rings is 1. The third kappa shape index (κ3) is 3.09. The molecule has 8 heteroatoms. The average molecular weight is 390 g/mol. The third-order valence-corrected chi connectivity index (χ3v) is 4.67. The number of hydrogen-bond acceptors (Lipinski definition) is 4. The van der Waals surface area contributed by atoms with Crippen molar-refractivity contribution in [2.45, 2.75) is 6.92 Å². The minimum Gasteiger partial charge on any atom is -0.478 e. The summed E-state index contributed by atoms with van der Waals surface area (Å²) in [6, 6.07) is 4.91. The molecule has 0 unspecified atom stereocenters. The van der Waals surface area contributed by atoms with E-state index in [4.69, 9.17) is 11.6 Å². The number of rotatable bonds is 3. The molecular weight excluding hydrogens is 380 g/mol. The van der Waals surface area contributed by atoms with Crippen molar-refractivity contribution in [2.75, 3.05) is 11.9 Å². The van der Waals surface area contributed by atoms with Gasteiger partial charge in [-0.05, 0) is 36.7 Å². The molecular formula is C13H10BrClN2O3S. The lowest BCUT2D eigenvalue weighted by molar-refractivity contribution is 0.0697. The number of aryl methyl sites for hydroxylation is 1. The van der Waals surface area contributed by atoms with E-state index in [1.54, 1.807) is 25.1 Å². The van der Waals surface area contributed by atoms with Gasteiger partial charge in [-0.15, -0.1) is 0 Å². The number of carbonyl (C=O) groups excluding carboxylic acids is 1. The fourth-order valence-electron chi connectivity index (χ4n) is 1.77. The predicted octanol–water partition coefficient (Wildman–Crippen LogP) is 3.84. The summed E-state index contributed by atoms with van der Waals surface area (Å²) < 4.78 is 4.71. The van der Waals surface area contributed by atoms with E-state index in [1.807, 2.05) is 0 Å². The van der Waals surface area contributed by atoms with Crippen LogP contribution in [0.1, 0.15) is 26.4 Å². The Hall–Kier alpha value is -1.44. The zero-order chi connectivity index (χ0) is 15.7. The van der Waals surface area contributed by atoms with Crippen LogP contribution >= 0.6 is 39.1 Å². The van der Waals surface area contributed by atoms with Gasteiger partial charge in [-0.3, -0.25) is 4.79 Å². The predicted molar refractivity (Wildman–Crippen MR) is 85.7 cm³/mol. The fraction of sp³-hybridized carbons (Fsp3) is 0.154. The zero-order valence-corrected chi connectivity index (χ0v) is 14.2. The maximum Gasteiger partial charge on any atom is 0.340 e. The van der Waals surface area contributed by atoms with Crippen LogP contribution in [-0.2, 0) is 0 Å². The maximum atomic E-state index is 12.5. The van der Waals surface area contributed by atoms with Crippen LogP contribution in [0.2, 0.25) is 5.02 Å². The van der Waals surface area contributed by atoms with Gasteiger partial charge in [0.1, 0.15) is 10.6 Å². The average Bonchev–Trinajstić information content (AvgIpc) is 2.81. The van der Waals surface area contributed by atoms with Crippen molar-refractivity contribution >= 4 is 55.9 Å². The van der Waals surface area contributed by atoms with Crippen LogP contribution in [0.4, 0.5) is 5.00 Å². The van der Waals surface area contributed by atoms with Gasteiger partial charge in [-0.1, -0.05) is 27.5 Å². The molecule has 0 saturated heterocycles. The van der Waals surface area contributed by atoms with Crippen molar-refractivity contribution in [3.8, 4) is 0 Å². The number of carboxylic acids is 1. The van der Waals surface area contributed by atoms with Gasteiger partial charge in [0, 0.05) is 11.5 Å². The standard InChI is InChI=1S/C13H10BrClN2O3S/c1-6-10(13(19)20)12(21-16-6)17(2)11(18)8-5-7(14)3-4-9(8)15/h3-5H,1-2H3,(H,19,20). The quantitative estimate of drug-likeness (QED) is 0.866. The molecule has 0 aliphatic carbocycles. The summed E-state index contributed by atoms with van der Waals surface area (Å²) in [4.78, 5) is 25.0. The second-order valence-corrected chi connectivity index (χ2v) is 6.32. The number of nitrogens with zero attached hydrogens (tertiary/aromatic N) is 2. The minimum absolute atomic E-state index is 0.0296. The summed E-state index contributed by atoms with van der Waals surface area (Å²) >= 11 is 10.3. The first-order chi connectivity index (χ1) is 9.82. The molecule has 0 aliphatic rings. The molecule has 2 rings (SSSR count). The molecule has 1 heterocycles. The molecule has 1 aromatic heterocycles. The number of carbonyl (C=O) groups is 2. The highest BCUT2D eigenvalue weighted by atomic mass is 79.9. The molecule has 110 valence electrons. The van der Waals surface area contributed by atoms with Crippen LogP contribution in [-0.4, -0.2) is 28.4 Å². The van der Waals surface area contributed by atoms with Gasteiger partial charge in [0.2, 0.25) is 0 Å². The number of carboxylic acid groups (broad SMARTS) is 1. The summed E-state index contributed by atoms with van der Waals surface area (Å²) in [5, 5.41) is 9.81. The molecule has 0 bridgehead atoms. The Morgan fingerprint density at radius 1 is 1.43 bits per heavy atom. The van der Waals surface area contributed by atoms with E-state index in [0.717, 1.165) is 11.5 Å². The van der Waals surface area contributed by atoms with Crippen molar-refractivity contribution in [3.63, 3.8) is 0 Å².